The molecule has 2 aromatic heterocycles. The molecule has 0 saturated carbocycles. The highest BCUT2D eigenvalue weighted by molar-refractivity contribution is 5.81. The zero-order chi connectivity index (χ0) is 28.7. The van der Waals surface area contributed by atoms with Crippen molar-refractivity contribution in [3.05, 3.63) is 53.7 Å². The molecule has 1 amide bonds. The molecule has 210 valence electrons. The van der Waals surface area contributed by atoms with Gasteiger partial charge in [0.1, 0.15) is 11.5 Å². The normalized spacial score (nSPS) is 19.0. The summed E-state index contributed by atoms with van der Waals surface area (Å²) >= 11 is 0. The lowest BCUT2D eigenvalue weighted by molar-refractivity contribution is -0.193. The first-order chi connectivity index (χ1) is 17.5. The Morgan fingerprint density at radius 3 is 1.95 bits per heavy atom. The molecule has 3 N–H and O–H groups in total. The minimum absolute atomic E-state index is 0.103. The van der Waals surface area contributed by atoms with Crippen LogP contribution in [0.3, 0.4) is 0 Å². The number of aliphatic carboxylic acids is 2. The van der Waals surface area contributed by atoms with Crippen molar-refractivity contribution < 1.29 is 55.4 Å². The van der Waals surface area contributed by atoms with E-state index >= 15 is 0 Å². The van der Waals surface area contributed by atoms with Gasteiger partial charge in [-0.1, -0.05) is 0 Å². The minimum Gasteiger partial charge on any atom is -0.475 e. The van der Waals surface area contributed by atoms with Crippen molar-refractivity contribution >= 4 is 17.8 Å². The molecule has 4 heterocycles. The fourth-order valence-corrected chi connectivity index (χ4v) is 4.20. The van der Waals surface area contributed by atoms with Crippen LogP contribution in [-0.4, -0.2) is 68.9 Å². The number of carboxylic acid groups (broad SMARTS) is 2. The van der Waals surface area contributed by atoms with Gasteiger partial charge in [0, 0.05) is 43.4 Å². The average Bonchev–Trinajstić information content (AvgIpc) is 3.37. The summed E-state index contributed by atoms with van der Waals surface area (Å²) in [5, 5.41) is 17.5. The fraction of sp³-hybridized carbons (Fsp3) is 0.478. The number of nitrogens with zero attached hydrogens (tertiary/aromatic N) is 2. The molecule has 4 rings (SSSR count). The van der Waals surface area contributed by atoms with Crippen LogP contribution in [-0.2, 0) is 20.9 Å². The molecule has 9 nitrogen and oxygen atoms in total. The van der Waals surface area contributed by atoms with Gasteiger partial charge in [-0.05, 0) is 49.6 Å². The first-order valence-electron chi connectivity index (χ1n) is 11.1. The van der Waals surface area contributed by atoms with Gasteiger partial charge < -0.3 is 19.9 Å². The van der Waals surface area contributed by atoms with Gasteiger partial charge in [-0.2, -0.15) is 26.3 Å². The Hall–Kier alpha value is -3.62. The zero-order valence-corrected chi connectivity index (χ0v) is 20.0. The second kappa shape index (κ2) is 12.3. The predicted octanol–water partition coefficient (Wildman–Crippen LogP) is 3.89. The van der Waals surface area contributed by atoms with Crippen LogP contribution in [0.25, 0.3) is 0 Å². The number of nitrogens with one attached hydrogen (secondary N) is 1. The number of halogens is 6. The van der Waals surface area contributed by atoms with Crippen LogP contribution in [0.2, 0.25) is 0 Å². The monoisotopic (exact) mass is 553 g/mol. The van der Waals surface area contributed by atoms with E-state index < -0.39 is 24.3 Å². The van der Waals surface area contributed by atoms with Gasteiger partial charge in [0.15, 0.2) is 0 Å². The number of carbonyl (C=O) groups is 3. The van der Waals surface area contributed by atoms with E-state index in [2.05, 4.69) is 21.3 Å². The standard InChI is InChI=1S/C19H23N3O2.2C2HF3O2/c1-14-2-3-16(24-14)13-22-10-6-19(7-11-22)17(12-18(23)21-19)15-4-8-20-9-5-15;2*3-2(4,5)1(6)7/h2-5,8-9,17H,6-7,10-13H2,1H3,(H,21,23);2*(H,6,7). The lowest BCUT2D eigenvalue weighted by Crippen LogP contribution is -2.53. The summed E-state index contributed by atoms with van der Waals surface area (Å²) in [5.41, 5.74) is 1.12. The maximum atomic E-state index is 12.1. The van der Waals surface area contributed by atoms with Crippen molar-refractivity contribution in [1.82, 2.24) is 15.2 Å². The van der Waals surface area contributed by atoms with Crippen LogP contribution in [0.4, 0.5) is 26.3 Å². The van der Waals surface area contributed by atoms with Crippen molar-refractivity contribution in [1.29, 1.82) is 0 Å². The van der Waals surface area contributed by atoms with Crippen molar-refractivity contribution in [3.63, 3.8) is 0 Å². The summed E-state index contributed by atoms with van der Waals surface area (Å²) in [5.74, 6) is -3.11. The maximum absolute atomic E-state index is 12.1. The SMILES string of the molecule is Cc1ccc(CN2CCC3(CC2)NC(=O)CC3c2ccncc2)o1.O=C(O)C(F)(F)F.O=C(O)C(F)(F)F. The smallest absolute Gasteiger partial charge is 0.475 e. The van der Waals surface area contributed by atoms with Crippen LogP contribution in [0, 0.1) is 6.92 Å². The predicted molar refractivity (Wildman–Crippen MR) is 118 cm³/mol. The molecule has 0 aromatic carbocycles. The minimum atomic E-state index is -5.08. The van der Waals surface area contributed by atoms with E-state index in [1.807, 2.05) is 37.5 Å². The van der Waals surface area contributed by atoms with E-state index in [4.69, 9.17) is 24.2 Å². The highest BCUT2D eigenvalue weighted by Crippen LogP contribution is 2.43. The summed E-state index contributed by atoms with van der Waals surface area (Å²) in [6.07, 6.45) is -3.99. The number of aryl methyl sites for hydroxylation is 1. The lowest BCUT2D eigenvalue weighted by atomic mass is 9.74. The molecule has 2 aliphatic rings. The summed E-state index contributed by atoms with van der Waals surface area (Å²) in [7, 11) is 0. The molecule has 2 fully saturated rings. The number of carboxylic acids is 2. The number of amides is 1. The van der Waals surface area contributed by atoms with E-state index in [0.717, 1.165) is 44.0 Å². The van der Waals surface area contributed by atoms with Crippen LogP contribution < -0.4 is 5.32 Å². The number of likely N-dealkylation sites (tertiary alicyclic amines) is 1. The number of pyridine rings is 1. The lowest BCUT2D eigenvalue weighted by Gasteiger charge is -2.42. The largest absolute Gasteiger partial charge is 0.490 e. The van der Waals surface area contributed by atoms with E-state index in [-0.39, 0.29) is 17.4 Å². The summed E-state index contributed by atoms with van der Waals surface area (Å²) in [6.45, 7) is 4.77. The Kier molecular flexibility index (Phi) is 9.89. The van der Waals surface area contributed by atoms with Gasteiger partial charge in [-0.25, -0.2) is 9.59 Å². The van der Waals surface area contributed by atoms with Gasteiger partial charge in [0.25, 0.3) is 0 Å². The molecular formula is C23H25F6N3O6. The average molecular weight is 553 g/mol. The van der Waals surface area contributed by atoms with Gasteiger partial charge in [0.05, 0.1) is 6.54 Å². The molecule has 0 aliphatic carbocycles. The number of furan rings is 1. The summed E-state index contributed by atoms with van der Waals surface area (Å²) in [4.78, 5) is 36.4. The summed E-state index contributed by atoms with van der Waals surface area (Å²) in [6, 6.07) is 8.16. The molecule has 2 saturated heterocycles. The van der Waals surface area contributed by atoms with E-state index in [1.165, 1.54) is 5.56 Å². The van der Waals surface area contributed by atoms with Crippen molar-refractivity contribution in [2.45, 2.75) is 56.5 Å². The molecule has 1 atom stereocenters. The van der Waals surface area contributed by atoms with Gasteiger partial charge in [0.2, 0.25) is 5.91 Å². The zero-order valence-electron chi connectivity index (χ0n) is 20.0. The number of hydrogen-bond acceptors (Lipinski definition) is 6. The Labute approximate surface area is 212 Å². The van der Waals surface area contributed by atoms with Crippen LogP contribution in [0.5, 0.6) is 0 Å². The summed E-state index contributed by atoms with van der Waals surface area (Å²) < 4.78 is 69.2. The van der Waals surface area contributed by atoms with Crippen molar-refractivity contribution in [2.24, 2.45) is 0 Å². The Bertz CT molecular complexity index is 1070. The molecule has 0 radical (unpaired) electrons. The molecule has 38 heavy (non-hydrogen) atoms. The van der Waals surface area contributed by atoms with Crippen LogP contribution >= 0.6 is 0 Å². The van der Waals surface area contributed by atoms with Crippen molar-refractivity contribution in [3.8, 4) is 0 Å². The van der Waals surface area contributed by atoms with Crippen molar-refractivity contribution in [2.75, 3.05) is 13.1 Å². The molecular weight excluding hydrogens is 528 g/mol. The molecule has 2 aromatic rings. The van der Waals surface area contributed by atoms with Gasteiger partial charge in [-0.15, -0.1) is 0 Å². The van der Waals surface area contributed by atoms with Crippen LogP contribution in [0.1, 0.15) is 42.3 Å². The molecule has 0 bridgehead atoms. The van der Waals surface area contributed by atoms with E-state index in [1.54, 1.807) is 0 Å². The quantitative estimate of drug-likeness (QED) is 0.488. The Morgan fingerprint density at radius 1 is 1.03 bits per heavy atom. The second-order valence-electron chi connectivity index (χ2n) is 8.64. The van der Waals surface area contributed by atoms with Gasteiger partial charge in [-0.3, -0.25) is 14.7 Å². The highest BCUT2D eigenvalue weighted by atomic mass is 19.4. The number of alkyl halides is 6. The van der Waals surface area contributed by atoms with Crippen LogP contribution in [0.15, 0.2) is 41.1 Å². The maximum Gasteiger partial charge on any atom is 0.490 e. The highest BCUT2D eigenvalue weighted by Gasteiger charge is 2.48. The van der Waals surface area contributed by atoms with E-state index in [9.17, 15) is 31.1 Å². The second-order valence-corrected chi connectivity index (χ2v) is 8.64. The number of carbonyl (C=O) groups excluding carboxylic acids is 1. The Balaban J connectivity index is 0.000000301. The molecule has 1 spiro atoms. The number of aromatic nitrogens is 1. The van der Waals surface area contributed by atoms with Gasteiger partial charge >= 0.3 is 24.3 Å². The fourth-order valence-electron chi connectivity index (χ4n) is 4.20. The van der Waals surface area contributed by atoms with E-state index in [0.29, 0.717) is 6.42 Å². The number of rotatable bonds is 3. The third-order valence-corrected chi connectivity index (χ3v) is 5.96. The molecule has 15 heteroatoms. The topological polar surface area (TPSA) is 133 Å². The Morgan fingerprint density at radius 2 is 1.53 bits per heavy atom. The number of hydrogen-bond donors (Lipinski definition) is 3. The molecule has 2 aliphatic heterocycles. The molecule has 1 unspecified atom stereocenters. The first-order valence-corrected chi connectivity index (χ1v) is 11.1. The first kappa shape index (κ1) is 30.6. The third-order valence-electron chi connectivity index (χ3n) is 5.96. The third kappa shape index (κ3) is 8.75. The number of piperidine rings is 1.